The van der Waals surface area contributed by atoms with E-state index in [0.717, 1.165) is 25.7 Å². The fourth-order valence-corrected chi connectivity index (χ4v) is 4.96. The Labute approximate surface area is 121 Å². The van der Waals surface area contributed by atoms with Crippen molar-refractivity contribution < 1.29 is 13.2 Å². The van der Waals surface area contributed by atoms with E-state index >= 15 is 0 Å². The van der Waals surface area contributed by atoms with Crippen LogP contribution in [-0.2, 0) is 15.6 Å². The predicted octanol–water partition coefficient (Wildman–Crippen LogP) is 2.77. The van der Waals surface area contributed by atoms with E-state index in [1.54, 1.807) is 25.3 Å². The van der Waals surface area contributed by atoms with Crippen molar-refractivity contribution in [3.63, 3.8) is 0 Å². The van der Waals surface area contributed by atoms with Crippen molar-refractivity contribution in [3.8, 4) is 5.75 Å². The van der Waals surface area contributed by atoms with E-state index in [2.05, 4.69) is 6.92 Å². The quantitative estimate of drug-likeness (QED) is 0.868. The number of nitrogens with two attached hydrogens (primary N) is 1. The topological polar surface area (TPSA) is 69.4 Å². The van der Waals surface area contributed by atoms with Gasteiger partial charge in [-0.15, -0.1) is 0 Å². The van der Waals surface area contributed by atoms with Crippen LogP contribution in [0.1, 0.15) is 38.2 Å². The number of ether oxygens (including phenoxy) is 1. The number of hydrogen-bond donors (Lipinski definition) is 1. The lowest BCUT2D eigenvalue weighted by atomic mass is 9.91. The number of benzene rings is 1. The van der Waals surface area contributed by atoms with Gasteiger partial charge in [0.25, 0.3) is 0 Å². The maximum Gasteiger partial charge on any atom is 0.157 e. The second-order valence-corrected chi connectivity index (χ2v) is 8.10. The van der Waals surface area contributed by atoms with E-state index < -0.39 is 9.84 Å². The molecule has 0 heterocycles. The van der Waals surface area contributed by atoms with Gasteiger partial charge in [0.1, 0.15) is 5.75 Å². The summed E-state index contributed by atoms with van der Waals surface area (Å²) in [5.41, 5.74) is 7.02. The summed E-state index contributed by atoms with van der Waals surface area (Å²) in [5, 5.41) is -0.210. The van der Waals surface area contributed by atoms with E-state index in [0.29, 0.717) is 22.9 Å². The molecule has 4 nitrogen and oxygen atoms in total. The Hall–Kier alpha value is -1.23. The van der Waals surface area contributed by atoms with Gasteiger partial charge in [0.15, 0.2) is 9.84 Å². The van der Waals surface area contributed by atoms with Crippen LogP contribution in [0.2, 0.25) is 0 Å². The van der Waals surface area contributed by atoms with Crippen molar-refractivity contribution in [3.05, 3.63) is 23.8 Å². The Balaban J connectivity index is 2.17. The van der Waals surface area contributed by atoms with Crippen LogP contribution in [0.25, 0.3) is 0 Å². The molecule has 0 spiro atoms. The number of hydrogen-bond acceptors (Lipinski definition) is 4. The normalized spacial score (nSPS) is 23.5. The average molecular weight is 297 g/mol. The van der Waals surface area contributed by atoms with E-state index in [9.17, 15) is 8.42 Å². The zero-order valence-corrected chi connectivity index (χ0v) is 12.9. The number of methoxy groups -OCH3 is 1. The molecule has 0 saturated heterocycles. The summed E-state index contributed by atoms with van der Waals surface area (Å²) in [6, 6.07) is 5.16. The van der Waals surface area contributed by atoms with Crippen LogP contribution >= 0.6 is 0 Å². The molecule has 0 bridgehead atoms. The summed E-state index contributed by atoms with van der Waals surface area (Å²) in [6.45, 7) is 2.13. The van der Waals surface area contributed by atoms with E-state index in [4.69, 9.17) is 10.5 Å². The van der Waals surface area contributed by atoms with Crippen LogP contribution in [0.15, 0.2) is 18.2 Å². The minimum absolute atomic E-state index is 0.0474. The van der Waals surface area contributed by atoms with E-state index in [1.807, 2.05) is 0 Å². The summed E-state index contributed by atoms with van der Waals surface area (Å²) in [7, 11) is -1.57. The van der Waals surface area contributed by atoms with Crippen LogP contribution in [0.3, 0.4) is 0 Å². The zero-order chi connectivity index (χ0) is 14.8. The molecule has 2 N–H and O–H groups in total. The lowest BCUT2D eigenvalue weighted by Gasteiger charge is -2.26. The maximum atomic E-state index is 12.5. The lowest BCUT2D eigenvalue weighted by Crippen LogP contribution is -2.28. The number of anilines is 1. The molecule has 2 rings (SSSR count). The summed E-state index contributed by atoms with van der Waals surface area (Å²) < 4.78 is 30.2. The molecule has 1 aromatic carbocycles. The average Bonchev–Trinajstić information content (AvgIpc) is 2.37. The molecule has 0 aromatic heterocycles. The summed E-state index contributed by atoms with van der Waals surface area (Å²) >= 11 is 0. The van der Waals surface area contributed by atoms with Crippen LogP contribution in [-0.4, -0.2) is 20.8 Å². The first-order valence-corrected chi connectivity index (χ1v) is 8.77. The molecular formula is C15H23NO3S. The molecule has 1 fully saturated rings. The highest BCUT2D eigenvalue weighted by Gasteiger charge is 2.30. The molecule has 0 aliphatic heterocycles. The molecule has 1 aromatic rings. The third-order valence-electron chi connectivity index (χ3n) is 3.99. The van der Waals surface area contributed by atoms with Crippen LogP contribution < -0.4 is 10.5 Å². The second kappa shape index (κ2) is 6.04. The van der Waals surface area contributed by atoms with Crippen molar-refractivity contribution in [1.29, 1.82) is 0 Å². The van der Waals surface area contributed by atoms with Gasteiger partial charge in [-0.05, 0) is 36.5 Å². The highest BCUT2D eigenvalue weighted by molar-refractivity contribution is 7.91. The lowest BCUT2D eigenvalue weighted by molar-refractivity contribution is 0.381. The monoisotopic (exact) mass is 297 g/mol. The SMILES string of the molecule is COc1cc(N)cc(CS(=O)(=O)C2CCCC(C)C2)c1. The Morgan fingerprint density at radius 3 is 2.70 bits per heavy atom. The fourth-order valence-electron chi connectivity index (χ4n) is 2.94. The standard InChI is InChI=1S/C15H23NO3S/c1-11-4-3-5-15(6-11)20(17,18)10-12-7-13(16)9-14(8-12)19-2/h7-9,11,15H,3-6,10,16H2,1-2H3. The highest BCUT2D eigenvalue weighted by Crippen LogP contribution is 2.30. The number of sulfone groups is 1. The first-order chi connectivity index (χ1) is 9.40. The number of rotatable bonds is 4. The minimum Gasteiger partial charge on any atom is -0.497 e. The molecule has 0 amide bonds. The highest BCUT2D eigenvalue weighted by atomic mass is 32.2. The summed E-state index contributed by atoms with van der Waals surface area (Å²) in [6.07, 6.45) is 3.71. The van der Waals surface area contributed by atoms with E-state index in [-0.39, 0.29) is 11.0 Å². The van der Waals surface area contributed by atoms with Crippen LogP contribution in [0.4, 0.5) is 5.69 Å². The van der Waals surface area contributed by atoms with Crippen LogP contribution in [0.5, 0.6) is 5.75 Å². The third kappa shape index (κ3) is 3.66. The summed E-state index contributed by atoms with van der Waals surface area (Å²) in [4.78, 5) is 0. The molecule has 2 unspecified atom stereocenters. The molecule has 112 valence electrons. The molecule has 20 heavy (non-hydrogen) atoms. The van der Waals surface area contributed by atoms with Gasteiger partial charge < -0.3 is 10.5 Å². The predicted molar refractivity (Wildman–Crippen MR) is 81.5 cm³/mol. The maximum absolute atomic E-state index is 12.5. The van der Waals surface area contributed by atoms with E-state index in [1.165, 1.54) is 0 Å². The Morgan fingerprint density at radius 2 is 2.05 bits per heavy atom. The first-order valence-electron chi connectivity index (χ1n) is 7.05. The van der Waals surface area contributed by atoms with Gasteiger partial charge in [-0.25, -0.2) is 8.42 Å². The van der Waals surface area contributed by atoms with Crippen molar-refractivity contribution in [2.24, 2.45) is 5.92 Å². The molecular weight excluding hydrogens is 274 g/mol. The first kappa shape index (κ1) is 15.2. The van der Waals surface area contributed by atoms with Crippen molar-refractivity contribution in [2.45, 2.75) is 43.6 Å². The fraction of sp³-hybridized carbons (Fsp3) is 0.600. The molecule has 1 aliphatic rings. The summed E-state index contributed by atoms with van der Waals surface area (Å²) in [5.74, 6) is 1.15. The van der Waals surface area contributed by atoms with Crippen molar-refractivity contribution >= 4 is 15.5 Å². The van der Waals surface area contributed by atoms with Crippen molar-refractivity contribution in [1.82, 2.24) is 0 Å². The van der Waals surface area contributed by atoms with Gasteiger partial charge in [-0.3, -0.25) is 0 Å². The van der Waals surface area contributed by atoms with Gasteiger partial charge >= 0.3 is 0 Å². The molecule has 2 atom stereocenters. The van der Waals surface area contributed by atoms with Gasteiger partial charge in [-0.2, -0.15) is 0 Å². The van der Waals surface area contributed by atoms with Gasteiger partial charge in [0.05, 0.1) is 18.1 Å². The molecule has 1 aliphatic carbocycles. The Kier molecular flexibility index (Phi) is 4.58. The Bertz CT molecular complexity index is 568. The Morgan fingerprint density at radius 1 is 1.30 bits per heavy atom. The van der Waals surface area contributed by atoms with Crippen molar-refractivity contribution in [2.75, 3.05) is 12.8 Å². The largest absolute Gasteiger partial charge is 0.497 e. The van der Waals surface area contributed by atoms with Gasteiger partial charge in [0.2, 0.25) is 0 Å². The third-order valence-corrected chi connectivity index (χ3v) is 6.17. The molecule has 1 saturated carbocycles. The van der Waals surface area contributed by atoms with Gasteiger partial charge in [-0.1, -0.05) is 19.8 Å². The van der Waals surface area contributed by atoms with Gasteiger partial charge in [0, 0.05) is 11.8 Å². The number of nitrogen functional groups attached to an aromatic ring is 1. The molecule has 0 radical (unpaired) electrons. The smallest absolute Gasteiger partial charge is 0.157 e. The minimum atomic E-state index is -3.12. The zero-order valence-electron chi connectivity index (χ0n) is 12.1. The molecule has 5 heteroatoms. The van der Waals surface area contributed by atoms with Crippen LogP contribution in [0, 0.1) is 5.92 Å². The second-order valence-electron chi connectivity index (χ2n) is 5.82.